The lowest BCUT2D eigenvalue weighted by Gasteiger charge is -2.54. The third kappa shape index (κ3) is 6.50. The fourth-order valence-electron chi connectivity index (χ4n) is 5.73. The summed E-state index contributed by atoms with van der Waals surface area (Å²) >= 11 is 0. The number of phenols is 1. The molecule has 0 bridgehead atoms. The minimum atomic E-state index is -0.156. The number of aryl methyl sites for hydroxylation is 1. The van der Waals surface area contributed by atoms with Crippen LogP contribution in [0.5, 0.6) is 5.75 Å². The normalized spacial score (nSPS) is 19.3. The van der Waals surface area contributed by atoms with E-state index in [1.165, 1.54) is 0 Å². The maximum Gasteiger partial charge on any atom is 0.306 e. The van der Waals surface area contributed by atoms with Gasteiger partial charge in [0.15, 0.2) is 0 Å². The van der Waals surface area contributed by atoms with Crippen LogP contribution in [-0.2, 0) is 27.8 Å². The lowest BCUT2D eigenvalue weighted by molar-refractivity contribution is -0.160. The lowest BCUT2D eigenvalue weighted by Crippen LogP contribution is -2.62. The Labute approximate surface area is 196 Å². The number of rotatable bonds is 7. The van der Waals surface area contributed by atoms with Gasteiger partial charge < -0.3 is 9.84 Å². The highest BCUT2D eigenvalue weighted by atomic mass is 16.5. The standard InChI is InChI=1S/C28H47NO3/c1-11-29-27(7,8)17-22(18-28(29,9)10)32-24(30)13-12-20-15-21(14-19(2)3)25(31)23(16-20)26(4,5)6/h15-16,19,22,31H,11-14,17-18H2,1-10H3. The second-order valence-electron chi connectivity index (χ2n) is 12.4. The average Bonchev–Trinajstić information content (AvgIpc) is 2.59. The van der Waals surface area contributed by atoms with Gasteiger partial charge >= 0.3 is 5.97 Å². The fourth-order valence-corrected chi connectivity index (χ4v) is 5.73. The molecule has 2 rings (SSSR count). The zero-order valence-electron chi connectivity index (χ0n) is 22.3. The van der Waals surface area contributed by atoms with E-state index in [1.807, 2.05) is 0 Å². The van der Waals surface area contributed by atoms with Crippen LogP contribution in [0.1, 0.15) is 105 Å². The summed E-state index contributed by atoms with van der Waals surface area (Å²) in [5, 5.41) is 10.8. The van der Waals surface area contributed by atoms with E-state index >= 15 is 0 Å². The van der Waals surface area contributed by atoms with Crippen LogP contribution < -0.4 is 0 Å². The molecule has 1 saturated heterocycles. The van der Waals surface area contributed by atoms with Gasteiger partial charge in [-0.15, -0.1) is 0 Å². The number of carbonyl (C=O) groups is 1. The Morgan fingerprint density at radius 2 is 1.72 bits per heavy atom. The molecule has 0 amide bonds. The van der Waals surface area contributed by atoms with Crippen molar-refractivity contribution in [3.05, 3.63) is 28.8 Å². The molecule has 1 heterocycles. The first kappa shape index (κ1) is 26.7. The summed E-state index contributed by atoms with van der Waals surface area (Å²) in [7, 11) is 0. The molecule has 0 saturated carbocycles. The number of hydrogen-bond acceptors (Lipinski definition) is 4. The van der Waals surface area contributed by atoms with Gasteiger partial charge in [0, 0.05) is 30.3 Å². The summed E-state index contributed by atoms with van der Waals surface area (Å²) < 4.78 is 5.98. The Morgan fingerprint density at radius 3 is 2.19 bits per heavy atom. The van der Waals surface area contributed by atoms with Crippen molar-refractivity contribution in [2.45, 2.75) is 124 Å². The molecule has 0 radical (unpaired) electrons. The Bertz CT molecular complexity index is 784. The summed E-state index contributed by atoms with van der Waals surface area (Å²) in [4.78, 5) is 15.3. The van der Waals surface area contributed by atoms with Crippen molar-refractivity contribution in [2.75, 3.05) is 6.54 Å². The Kier molecular flexibility index (Phi) is 8.13. The van der Waals surface area contributed by atoms with E-state index in [4.69, 9.17) is 4.74 Å². The van der Waals surface area contributed by atoms with Gasteiger partial charge in [-0.1, -0.05) is 53.7 Å². The van der Waals surface area contributed by atoms with Gasteiger partial charge in [-0.25, -0.2) is 0 Å². The molecule has 1 aliphatic rings. The van der Waals surface area contributed by atoms with Gasteiger partial charge in [0.2, 0.25) is 0 Å². The fraction of sp³-hybridized carbons (Fsp3) is 0.750. The highest BCUT2D eigenvalue weighted by molar-refractivity contribution is 5.70. The van der Waals surface area contributed by atoms with Crippen molar-refractivity contribution < 1.29 is 14.6 Å². The first-order valence-corrected chi connectivity index (χ1v) is 12.4. The third-order valence-electron chi connectivity index (χ3n) is 6.83. The lowest BCUT2D eigenvalue weighted by atomic mass is 9.78. The second-order valence-corrected chi connectivity index (χ2v) is 12.4. The molecule has 0 aromatic heterocycles. The van der Waals surface area contributed by atoms with Crippen molar-refractivity contribution in [1.82, 2.24) is 4.90 Å². The van der Waals surface area contributed by atoms with E-state index in [2.05, 4.69) is 86.3 Å². The molecular formula is C28H47NO3. The van der Waals surface area contributed by atoms with Crippen molar-refractivity contribution >= 4 is 5.97 Å². The summed E-state index contributed by atoms with van der Waals surface area (Å²) in [6.07, 6.45) is 3.51. The van der Waals surface area contributed by atoms with Crippen LogP contribution in [0.25, 0.3) is 0 Å². The van der Waals surface area contributed by atoms with Crippen LogP contribution >= 0.6 is 0 Å². The van der Waals surface area contributed by atoms with Gasteiger partial charge in [-0.3, -0.25) is 9.69 Å². The number of likely N-dealkylation sites (tertiary alicyclic amines) is 1. The predicted octanol–water partition coefficient (Wildman–Crippen LogP) is 6.41. The molecule has 32 heavy (non-hydrogen) atoms. The van der Waals surface area contributed by atoms with Gasteiger partial charge in [0.25, 0.3) is 0 Å². The van der Waals surface area contributed by atoms with Crippen LogP contribution in [0.15, 0.2) is 12.1 Å². The number of hydrogen-bond donors (Lipinski definition) is 1. The molecule has 0 unspecified atom stereocenters. The summed E-state index contributed by atoms with van der Waals surface area (Å²) in [6, 6.07) is 4.14. The molecule has 1 aromatic rings. The Hall–Kier alpha value is -1.55. The smallest absolute Gasteiger partial charge is 0.306 e. The molecule has 0 atom stereocenters. The molecule has 182 valence electrons. The van der Waals surface area contributed by atoms with E-state index in [9.17, 15) is 9.90 Å². The largest absolute Gasteiger partial charge is 0.507 e. The van der Waals surface area contributed by atoms with Crippen molar-refractivity contribution in [3.8, 4) is 5.75 Å². The van der Waals surface area contributed by atoms with E-state index in [0.717, 1.165) is 42.5 Å². The van der Waals surface area contributed by atoms with Crippen molar-refractivity contribution in [3.63, 3.8) is 0 Å². The first-order chi connectivity index (χ1) is 14.6. The molecule has 1 aromatic carbocycles. The molecule has 0 spiro atoms. The number of benzene rings is 1. The van der Waals surface area contributed by atoms with Crippen molar-refractivity contribution in [2.24, 2.45) is 5.92 Å². The zero-order valence-corrected chi connectivity index (χ0v) is 22.3. The van der Waals surface area contributed by atoms with E-state index in [0.29, 0.717) is 24.5 Å². The predicted molar refractivity (Wildman–Crippen MR) is 133 cm³/mol. The third-order valence-corrected chi connectivity index (χ3v) is 6.83. The average molecular weight is 446 g/mol. The van der Waals surface area contributed by atoms with E-state index < -0.39 is 0 Å². The van der Waals surface area contributed by atoms with Gasteiger partial charge in [0.1, 0.15) is 11.9 Å². The number of carbonyl (C=O) groups excluding carboxylic acids is 1. The summed E-state index contributed by atoms with van der Waals surface area (Å²) in [5.74, 6) is 0.738. The summed E-state index contributed by atoms with van der Waals surface area (Å²) in [6.45, 7) is 22.9. The number of esters is 1. The van der Waals surface area contributed by atoms with E-state index in [-0.39, 0.29) is 28.6 Å². The zero-order chi connectivity index (χ0) is 24.5. The van der Waals surface area contributed by atoms with Crippen molar-refractivity contribution in [1.29, 1.82) is 0 Å². The van der Waals surface area contributed by atoms with Crippen LogP contribution in [0, 0.1) is 5.92 Å². The number of aromatic hydroxyl groups is 1. The second kappa shape index (κ2) is 9.75. The van der Waals surface area contributed by atoms with Gasteiger partial charge in [-0.05, 0) is 75.1 Å². The number of ether oxygens (including phenoxy) is 1. The molecule has 4 nitrogen and oxygen atoms in total. The minimum absolute atomic E-state index is 0.00572. The SMILES string of the molecule is CCN1C(C)(C)CC(OC(=O)CCc2cc(CC(C)C)c(O)c(C(C)(C)C)c2)CC1(C)C. The Balaban J connectivity index is 2.11. The van der Waals surface area contributed by atoms with Gasteiger partial charge in [0.05, 0.1) is 0 Å². The van der Waals surface area contributed by atoms with Crippen LogP contribution in [0.2, 0.25) is 0 Å². The maximum absolute atomic E-state index is 12.8. The van der Waals surface area contributed by atoms with Crippen LogP contribution in [0.4, 0.5) is 0 Å². The van der Waals surface area contributed by atoms with Gasteiger partial charge in [-0.2, -0.15) is 0 Å². The number of piperidine rings is 1. The maximum atomic E-state index is 12.8. The number of nitrogens with zero attached hydrogens (tertiary/aromatic N) is 1. The van der Waals surface area contributed by atoms with Crippen LogP contribution in [0.3, 0.4) is 0 Å². The molecular weight excluding hydrogens is 398 g/mol. The highest BCUT2D eigenvalue weighted by Crippen LogP contribution is 2.39. The topological polar surface area (TPSA) is 49.8 Å². The van der Waals surface area contributed by atoms with Crippen LogP contribution in [-0.4, -0.2) is 39.7 Å². The number of phenolic OH excluding ortho intramolecular Hbond substituents is 1. The first-order valence-electron chi connectivity index (χ1n) is 12.4. The monoisotopic (exact) mass is 445 g/mol. The molecule has 1 aliphatic heterocycles. The molecule has 1 fully saturated rings. The highest BCUT2D eigenvalue weighted by Gasteiger charge is 2.45. The molecule has 4 heteroatoms. The quantitative estimate of drug-likeness (QED) is 0.493. The molecule has 0 aliphatic carbocycles. The molecule has 1 N–H and O–H groups in total. The minimum Gasteiger partial charge on any atom is -0.507 e. The van der Waals surface area contributed by atoms with E-state index in [1.54, 1.807) is 0 Å². The summed E-state index contributed by atoms with van der Waals surface area (Å²) in [5.41, 5.74) is 2.89. The Morgan fingerprint density at radius 1 is 1.16 bits per heavy atom.